The lowest BCUT2D eigenvalue weighted by Gasteiger charge is -2.34. The molecule has 1 fully saturated rings. The molecule has 3 heterocycles. The largest absolute Gasteiger partial charge is 0.335 e. The zero-order valence-electron chi connectivity index (χ0n) is 14.8. The summed E-state index contributed by atoms with van der Waals surface area (Å²) in [6, 6.07) is 1.81. The highest BCUT2D eigenvalue weighted by Crippen LogP contribution is 2.13. The first-order valence-corrected chi connectivity index (χ1v) is 8.68. The van der Waals surface area contributed by atoms with E-state index in [0.29, 0.717) is 5.69 Å². The highest BCUT2D eigenvalue weighted by atomic mass is 16.2. The van der Waals surface area contributed by atoms with E-state index in [9.17, 15) is 4.79 Å². The first kappa shape index (κ1) is 16.7. The van der Waals surface area contributed by atoms with Gasteiger partial charge >= 0.3 is 0 Å². The molecule has 1 saturated heterocycles. The van der Waals surface area contributed by atoms with Crippen LogP contribution in [-0.4, -0.2) is 61.4 Å². The maximum Gasteiger partial charge on any atom is 0.274 e. The number of amides is 1. The van der Waals surface area contributed by atoms with Gasteiger partial charge in [-0.25, -0.2) is 0 Å². The lowest BCUT2D eigenvalue weighted by atomic mass is 10.2. The van der Waals surface area contributed by atoms with Crippen LogP contribution >= 0.6 is 0 Å². The van der Waals surface area contributed by atoms with Gasteiger partial charge in [0.05, 0.1) is 5.69 Å². The molecule has 1 aliphatic heterocycles. The second-order valence-electron chi connectivity index (χ2n) is 6.22. The van der Waals surface area contributed by atoms with Crippen LogP contribution in [-0.2, 0) is 19.6 Å². The number of nitrogens with zero attached hydrogens (tertiary/aromatic N) is 6. The number of hydrogen-bond donors (Lipinski definition) is 0. The van der Waals surface area contributed by atoms with Crippen LogP contribution in [0.4, 0.5) is 0 Å². The molecule has 0 saturated carbocycles. The van der Waals surface area contributed by atoms with Gasteiger partial charge in [-0.15, -0.1) is 0 Å². The number of rotatable bonds is 5. The maximum atomic E-state index is 12.5. The van der Waals surface area contributed by atoms with Crippen molar-refractivity contribution in [2.24, 2.45) is 0 Å². The summed E-state index contributed by atoms with van der Waals surface area (Å²) >= 11 is 0. The summed E-state index contributed by atoms with van der Waals surface area (Å²) in [4.78, 5) is 16.8. The molecule has 3 rings (SSSR count). The van der Waals surface area contributed by atoms with E-state index in [1.807, 2.05) is 22.7 Å². The first-order valence-electron chi connectivity index (χ1n) is 8.68. The Morgan fingerprint density at radius 1 is 1.08 bits per heavy atom. The van der Waals surface area contributed by atoms with Gasteiger partial charge in [-0.3, -0.25) is 19.1 Å². The van der Waals surface area contributed by atoms with Gasteiger partial charge in [0.2, 0.25) is 0 Å². The lowest BCUT2D eigenvalue weighted by molar-refractivity contribution is 0.0621. The van der Waals surface area contributed by atoms with Crippen LogP contribution in [0.3, 0.4) is 0 Å². The van der Waals surface area contributed by atoms with Crippen LogP contribution in [0.2, 0.25) is 0 Å². The third-order valence-electron chi connectivity index (χ3n) is 4.61. The molecule has 0 aliphatic carbocycles. The van der Waals surface area contributed by atoms with Gasteiger partial charge in [-0.05, 0) is 26.8 Å². The molecule has 0 unspecified atom stereocenters. The Morgan fingerprint density at radius 3 is 2.38 bits per heavy atom. The topological polar surface area (TPSA) is 59.2 Å². The maximum absolute atomic E-state index is 12.5. The van der Waals surface area contributed by atoms with Gasteiger partial charge in [0.15, 0.2) is 0 Å². The minimum Gasteiger partial charge on any atom is -0.335 e. The van der Waals surface area contributed by atoms with Crippen molar-refractivity contribution in [3.05, 3.63) is 35.4 Å². The van der Waals surface area contributed by atoms with Gasteiger partial charge in [-0.2, -0.15) is 10.2 Å². The molecule has 7 heteroatoms. The average Bonchev–Trinajstić information content (AvgIpc) is 3.22. The highest BCUT2D eigenvalue weighted by molar-refractivity contribution is 5.92. The van der Waals surface area contributed by atoms with Crippen molar-refractivity contribution in [2.75, 3.05) is 26.2 Å². The second kappa shape index (κ2) is 7.17. The molecule has 0 N–H and O–H groups in total. The molecule has 2 aromatic rings. The monoisotopic (exact) mass is 330 g/mol. The van der Waals surface area contributed by atoms with Crippen LogP contribution < -0.4 is 0 Å². The van der Waals surface area contributed by atoms with Crippen LogP contribution in [0.1, 0.15) is 35.6 Å². The standard InChI is InChI=1S/C17H26N6O/c1-4-22-7-6-16(19-22)17(24)21-10-8-20(9-11-21)12-15-13-23(5-2)18-14(15)3/h6-7,13H,4-5,8-12H2,1-3H3. The molecular formula is C17H26N6O. The van der Waals surface area contributed by atoms with E-state index >= 15 is 0 Å². The van der Waals surface area contributed by atoms with E-state index in [4.69, 9.17) is 0 Å². The van der Waals surface area contributed by atoms with Crippen LogP contribution in [0.25, 0.3) is 0 Å². The van der Waals surface area contributed by atoms with Crippen LogP contribution in [0.5, 0.6) is 0 Å². The summed E-state index contributed by atoms with van der Waals surface area (Å²) in [6.45, 7) is 12.0. The van der Waals surface area contributed by atoms with Crippen LogP contribution in [0, 0.1) is 6.92 Å². The summed E-state index contributed by atoms with van der Waals surface area (Å²) in [7, 11) is 0. The Hall–Kier alpha value is -2.15. The number of hydrogen-bond acceptors (Lipinski definition) is 4. The molecule has 7 nitrogen and oxygen atoms in total. The third kappa shape index (κ3) is 3.51. The second-order valence-corrected chi connectivity index (χ2v) is 6.22. The van der Waals surface area contributed by atoms with Crippen molar-refractivity contribution in [3.63, 3.8) is 0 Å². The molecule has 0 radical (unpaired) electrons. The third-order valence-corrected chi connectivity index (χ3v) is 4.61. The van der Waals surface area contributed by atoms with Gasteiger partial charge in [0, 0.05) is 63.8 Å². The van der Waals surface area contributed by atoms with Crippen molar-refractivity contribution in [1.29, 1.82) is 0 Å². The smallest absolute Gasteiger partial charge is 0.274 e. The number of carbonyl (C=O) groups is 1. The van der Waals surface area contributed by atoms with Crippen molar-refractivity contribution in [3.8, 4) is 0 Å². The van der Waals surface area contributed by atoms with E-state index in [1.165, 1.54) is 5.56 Å². The number of piperazine rings is 1. The van der Waals surface area contributed by atoms with Gasteiger partial charge in [0.25, 0.3) is 5.91 Å². The quantitative estimate of drug-likeness (QED) is 0.831. The van der Waals surface area contributed by atoms with E-state index in [2.05, 4.69) is 35.1 Å². The Balaban J connectivity index is 1.55. The van der Waals surface area contributed by atoms with Crippen molar-refractivity contribution >= 4 is 5.91 Å². The highest BCUT2D eigenvalue weighted by Gasteiger charge is 2.24. The van der Waals surface area contributed by atoms with E-state index in [-0.39, 0.29) is 5.91 Å². The fourth-order valence-electron chi connectivity index (χ4n) is 3.04. The molecule has 0 bridgehead atoms. The Kier molecular flexibility index (Phi) is 4.99. The Morgan fingerprint density at radius 2 is 1.79 bits per heavy atom. The summed E-state index contributed by atoms with van der Waals surface area (Å²) < 4.78 is 3.77. The van der Waals surface area contributed by atoms with Crippen LogP contribution in [0.15, 0.2) is 18.5 Å². The summed E-state index contributed by atoms with van der Waals surface area (Å²) in [5.74, 6) is 0.0387. The normalized spacial score (nSPS) is 15.9. The fraction of sp³-hybridized carbons (Fsp3) is 0.588. The predicted octanol–water partition coefficient (Wildman–Crippen LogP) is 1.39. The molecular weight excluding hydrogens is 304 g/mol. The molecule has 0 spiro atoms. The van der Waals surface area contributed by atoms with Crippen molar-refractivity contribution < 1.29 is 4.79 Å². The molecule has 2 aromatic heterocycles. The van der Waals surface area contributed by atoms with Crippen molar-refractivity contribution in [1.82, 2.24) is 29.4 Å². The first-order chi connectivity index (χ1) is 11.6. The molecule has 0 atom stereocenters. The minimum atomic E-state index is 0.0387. The average molecular weight is 330 g/mol. The van der Waals surface area contributed by atoms with Gasteiger partial charge < -0.3 is 4.90 Å². The predicted molar refractivity (Wildman–Crippen MR) is 91.7 cm³/mol. The Bertz CT molecular complexity index is 696. The van der Waals surface area contributed by atoms with E-state index in [1.54, 1.807) is 10.7 Å². The molecule has 24 heavy (non-hydrogen) atoms. The summed E-state index contributed by atoms with van der Waals surface area (Å²) in [6.07, 6.45) is 3.99. The minimum absolute atomic E-state index is 0.0387. The zero-order chi connectivity index (χ0) is 17.1. The molecule has 0 aromatic carbocycles. The summed E-state index contributed by atoms with van der Waals surface area (Å²) in [5.41, 5.74) is 2.92. The van der Waals surface area contributed by atoms with E-state index < -0.39 is 0 Å². The zero-order valence-corrected chi connectivity index (χ0v) is 14.8. The van der Waals surface area contributed by atoms with Gasteiger partial charge in [-0.1, -0.05) is 0 Å². The number of aromatic nitrogens is 4. The SMILES string of the molecule is CCn1ccc(C(=O)N2CCN(Cc3cn(CC)nc3C)CC2)n1. The molecule has 1 aliphatic rings. The number of aryl methyl sites for hydroxylation is 3. The van der Waals surface area contributed by atoms with Crippen molar-refractivity contribution in [2.45, 2.75) is 40.4 Å². The number of carbonyl (C=O) groups excluding carboxylic acids is 1. The lowest BCUT2D eigenvalue weighted by Crippen LogP contribution is -2.48. The van der Waals surface area contributed by atoms with Gasteiger partial charge in [0.1, 0.15) is 5.69 Å². The van der Waals surface area contributed by atoms with E-state index in [0.717, 1.165) is 51.5 Å². The fourth-order valence-corrected chi connectivity index (χ4v) is 3.04. The summed E-state index contributed by atoms with van der Waals surface area (Å²) in [5, 5.41) is 8.82. The Labute approximate surface area is 142 Å². The molecule has 1 amide bonds. The molecule has 130 valence electrons.